The molecule has 1 atom stereocenters. The van der Waals surface area contributed by atoms with E-state index < -0.39 is 17.0 Å². The summed E-state index contributed by atoms with van der Waals surface area (Å²) in [5.74, 6) is 11.8. The Bertz CT molecular complexity index is 1200. The highest BCUT2D eigenvalue weighted by molar-refractivity contribution is 7.79. The van der Waals surface area contributed by atoms with Gasteiger partial charge in [0.25, 0.3) is 5.91 Å². The summed E-state index contributed by atoms with van der Waals surface area (Å²) in [5, 5.41) is 0.852. The molecule has 0 spiro atoms. The average Bonchev–Trinajstić information content (AvgIpc) is 3.61. The molecule has 160 valence electrons. The first-order valence-electron chi connectivity index (χ1n) is 9.38. The van der Waals surface area contributed by atoms with Crippen LogP contribution >= 0.6 is 0 Å². The highest BCUT2D eigenvalue weighted by Crippen LogP contribution is 2.28. The van der Waals surface area contributed by atoms with Gasteiger partial charge in [0.1, 0.15) is 11.4 Å². The summed E-state index contributed by atoms with van der Waals surface area (Å²) < 4.78 is 26.7. The zero-order valence-corrected chi connectivity index (χ0v) is 17.6. The van der Waals surface area contributed by atoms with Crippen LogP contribution in [0.4, 0.5) is 5.69 Å². The minimum Gasteiger partial charge on any atom is -0.768 e. The molecule has 0 radical (unpaired) electrons. The summed E-state index contributed by atoms with van der Waals surface area (Å²) in [6.07, 6.45) is 2.35. The number of ether oxygens (including phenoxy) is 1. The number of anilines is 1. The van der Waals surface area contributed by atoms with Crippen molar-refractivity contribution in [3.05, 3.63) is 59.8 Å². The Labute approximate surface area is 182 Å². The second-order valence-corrected chi connectivity index (χ2v) is 7.63. The van der Waals surface area contributed by atoms with Crippen molar-refractivity contribution >= 4 is 33.6 Å². The monoisotopic (exact) mass is 437 g/mol. The fourth-order valence-corrected chi connectivity index (χ4v) is 3.20. The van der Waals surface area contributed by atoms with Crippen LogP contribution in [-0.2, 0) is 11.1 Å². The van der Waals surface area contributed by atoms with Gasteiger partial charge in [-0.3, -0.25) is 14.8 Å². The average molecular weight is 438 g/mol. The number of methoxy groups -OCH3 is 1. The number of amides is 1. The zero-order chi connectivity index (χ0) is 22.4. The van der Waals surface area contributed by atoms with E-state index in [0.29, 0.717) is 17.2 Å². The van der Waals surface area contributed by atoms with Crippen LogP contribution in [0.5, 0.6) is 5.75 Å². The minimum absolute atomic E-state index is 0.166. The molecule has 1 fully saturated rings. The Balaban J connectivity index is 0.000000176. The number of fused-ring (bicyclic) bond motifs is 1. The quantitative estimate of drug-likeness (QED) is 0.246. The first-order valence-corrected chi connectivity index (χ1v) is 10.5. The lowest BCUT2D eigenvalue weighted by molar-refractivity contribution is 0.0996. The van der Waals surface area contributed by atoms with Crippen LogP contribution in [0.25, 0.3) is 10.9 Å². The van der Waals surface area contributed by atoms with Crippen molar-refractivity contribution in [1.82, 2.24) is 4.98 Å². The molecule has 1 aliphatic rings. The molecule has 3 aromatic rings. The fourth-order valence-electron chi connectivity index (χ4n) is 2.71. The molecular weight excluding hydrogens is 416 g/mol. The Hall–Kier alpha value is -3.45. The number of benzene rings is 2. The van der Waals surface area contributed by atoms with Crippen molar-refractivity contribution in [3.63, 3.8) is 0 Å². The van der Waals surface area contributed by atoms with E-state index in [1.54, 1.807) is 36.4 Å². The Morgan fingerprint density at radius 1 is 1.26 bits per heavy atom. The van der Waals surface area contributed by atoms with Gasteiger partial charge in [0.2, 0.25) is 0 Å². The third kappa shape index (κ3) is 5.79. The van der Waals surface area contributed by atoms with Crippen LogP contribution in [-0.4, -0.2) is 26.8 Å². The van der Waals surface area contributed by atoms with E-state index in [4.69, 9.17) is 16.3 Å². The van der Waals surface area contributed by atoms with Crippen molar-refractivity contribution in [1.29, 1.82) is 0 Å². The number of nitrogens with one attached hydrogen (secondary N) is 1. The molecule has 1 aliphatic carbocycles. The Morgan fingerprint density at radius 3 is 2.65 bits per heavy atom. The molecule has 0 saturated heterocycles. The number of nitrogens with zero attached hydrogens (tertiary/aromatic N) is 1. The summed E-state index contributed by atoms with van der Waals surface area (Å²) in [4.78, 5) is 15.2. The number of nitrogen functional groups attached to an aromatic ring is 1. The number of rotatable bonds is 4. The molecule has 31 heavy (non-hydrogen) atoms. The molecule has 9 heteroatoms. The lowest BCUT2D eigenvalue weighted by Gasteiger charge is -2.10. The molecule has 1 unspecified atom stereocenters. The van der Waals surface area contributed by atoms with Crippen LogP contribution < -0.4 is 21.7 Å². The van der Waals surface area contributed by atoms with Gasteiger partial charge < -0.3 is 20.4 Å². The maximum absolute atomic E-state index is 10.9. The first kappa shape index (κ1) is 22.2. The smallest absolute Gasteiger partial charge is 0.267 e. The van der Waals surface area contributed by atoms with E-state index in [1.807, 2.05) is 6.07 Å². The van der Waals surface area contributed by atoms with Gasteiger partial charge in [-0.2, -0.15) is 0 Å². The van der Waals surface area contributed by atoms with E-state index in [0.717, 1.165) is 16.6 Å². The van der Waals surface area contributed by atoms with E-state index in [-0.39, 0.29) is 10.6 Å². The number of carbonyl (C=O) groups excluding carboxylic acids is 1. The van der Waals surface area contributed by atoms with E-state index in [9.17, 15) is 13.6 Å². The highest BCUT2D eigenvalue weighted by atomic mass is 32.2. The van der Waals surface area contributed by atoms with Crippen LogP contribution in [0.2, 0.25) is 0 Å². The zero-order valence-electron chi connectivity index (χ0n) is 16.8. The van der Waals surface area contributed by atoms with Gasteiger partial charge in [-0.15, -0.1) is 0 Å². The van der Waals surface area contributed by atoms with Crippen molar-refractivity contribution in [3.8, 4) is 17.6 Å². The van der Waals surface area contributed by atoms with Gasteiger partial charge in [0.15, 0.2) is 0 Å². The summed E-state index contributed by atoms with van der Waals surface area (Å²) in [6, 6.07) is 13.6. The van der Waals surface area contributed by atoms with E-state index >= 15 is 0 Å². The minimum atomic E-state index is -2.27. The normalized spacial score (nSPS) is 13.3. The van der Waals surface area contributed by atoms with E-state index in [1.165, 1.54) is 26.0 Å². The number of primary amides is 1. The fraction of sp³-hybridized carbons (Fsp3) is 0.182. The molecule has 2 aromatic carbocycles. The number of carbonyl (C=O) groups is 1. The maximum atomic E-state index is 10.9. The van der Waals surface area contributed by atoms with Gasteiger partial charge in [-0.25, -0.2) is 4.98 Å². The molecular formula is C22H21N4O4S-. The second kappa shape index (κ2) is 10.0. The first-order chi connectivity index (χ1) is 14.9. The third-order valence-electron chi connectivity index (χ3n) is 4.48. The van der Waals surface area contributed by atoms with Crippen LogP contribution in [0.15, 0.2) is 53.4 Å². The van der Waals surface area contributed by atoms with Gasteiger partial charge in [-0.05, 0) is 66.4 Å². The lowest BCUT2D eigenvalue weighted by atomic mass is 10.1. The number of aromatic nitrogens is 1. The van der Waals surface area contributed by atoms with Gasteiger partial charge >= 0.3 is 0 Å². The third-order valence-corrected chi connectivity index (χ3v) is 5.18. The molecule has 5 N–H and O–H groups in total. The predicted octanol–water partition coefficient (Wildman–Crippen LogP) is 2.31. The van der Waals surface area contributed by atoms with Crippen LogP contribution in [0.3, 0.4) is 0 Å². The van der Waals surface area contributed by atoms with Crippen molar-refractivity contribution in [2.24, 2.45) is 17.5 Å². The van der Waals surface area contributed by atoms with Crippen molar-refractivity contribution in [2.45, 2.75) is 17.7 Å². The summed E-state index contributed by atoms with van der Waals surface area (Å²) in [6.45, 7) is 0. The Morgan fingerprint density at radius 2 is 2.03 bits per heavy atom. The lowest BCUT2D eigenvalue weighted by Crippen LogP contribution is -2.13. The van der Waals surface area contributed by atoms with Gasteiger partial charge in [0, 0.05) is 16.9 Å². The summed E-state index contributed by atoms with van der Waals surface area (Å²) in [7, 11) is 1.45. The maximum Gasteiger partial charge on any atom is 0.267 e. The molecule has 1 heterocycles. The van der Waals surface area contributed by atoms with Gasteiger partial charge in [-0.1, -0.05) is 17.9 Å². The molecule has 0 aliphatic heterocycles. The number of hydrazine groups is 1. The molecule has 1 saturated carbocycles. The molecule has 1 aromatic heterocycles. The second-order valence-electron chi connectivity index (χ2n) is 6.72. The Kier molecular flexibility index (Phi) is 7.20. The van der Waals surface area contributed by atoms with Gasteiger partial charge in [0.05, 0.1) is 23.2 Å². The predicted molar refractivity (Wildman–Crippen MR) is 118 cm³/mol. The van der Waals surface area contributed by atoms with Crippen LogP contribution in [0.1, 0.15) is 28.9 Å². The molecule has 8 nitrogen and oxygen atoms in total. The van der Waals surface area contributed by atoms with E-state index in [2.05, 4.69) is 22.3 Å². The number of pyridine rings is 1. The number of nitrogens with two attached hydrogens (primary N) is 2. The number of hydrogen-bond donors (Lipinski definition) is 3. The largest absolute Gasteiger partial charge is 0.768 e. The molecule has 1 amide bonds. The summed E-state index contributed by atoms with van der Waals surface area (Å²) in [5.41, 5.74) is 10.2. The number of hydrogen-bond acceptors (Lipinski definition) is 7. The van der Waals surface area contributed by atoms with Crippen molar-refractivity contribution in [2.75, 3.05) is 12.5 Å². The SMILES string of the molecule is COc1cc(C#CC2CC2)ccc1S(=O)[O-].NNc1cccc2nc(C(N)=O)ccc12. The standard InChI is InChI=1S/C12H12O3S.C10H10N4O/c1-15-11-8-10(5-4-9-2-3-9)6-7-12(11)16(13)14;11-10(15)9-5-4-6-7(13-9)2-1-3-8(6)14-12/h6-9H,2-3H2,1H3,(H,13,14);1-5,14H,12H2,(H2,11,15)/p-1. The van der Waals surface area contributed by atoms with Crippen LogP contribution in [0, 0.1) is 17.8 Å². The molecule has 0 bridgehead atoms. The highest BCUT2D eigenvalue weighted by Gasteiger charge is 2.17. The molecule has 4 rings (SSSR count). The topological polar surface area (TPSA) is 143 Å². The van der Waals surface area contributed by atoms with Crippen molar-refractivity contribution < 1.29 is 18.3 Å². The summed E-state index contributed by atoms with van der Waals surface area (Å²) >= 11 is -2.27.